The molecule has 0 bridgehead atoms. The zero-order valence-electron chi connectivity index (χ0n) is 14.9. The van der Waals surface area contributed by atoms with Crippen LogP contribution >= 0.6 is 0 Å². The van der Waals surface area contributed by atoms with Gasteiger partial charge in [0.25, 0.3) is 0 Å². The van der Waals surface area contributed by atoms with Crippen LogP contribution in [0.15, 0.2) is 47.6 Å². The Bertz CT molecular complexity index is 637. The molecule has 1 unspecified atom stereocenters. The molecule has 1 fully saturated rings. The number of nitrogens with one attached hydrogen (secondary N) is 3. The van der Waals surface area contributed by atoms with Gasteiger partial charge in [-0.05, 0) is 37.9 Å². The van der Waals surface area contributed by atoms with Crippen LogP contribution in [-0.2, 0) is 13.1 Å². The maximum Gasteiger partial charge on any atom is 0.191 e. The molecule has 1 aliphatic heterocycles. The van der Waals surface area contributed by atoms with E-state index in [0.717, 1.165) is 31.3 Å². The molecule has 1 aliphatic rings. The Morgan fingerprint density at radius 2 is 2.16 bits per heavy atom. The van der Waals surface area contributed by atoms with E-state index < -0.39 is 0 Å². The predicted octanol–water partition coefficient (Wildman–Crippen LogP) is 2.13. The van der Waals surface area contributed by atoms with Crippen molar-refractivity contribution in [3.63, 3.8) is 0 Å². The number of aromatic nitrogens is 2. The first-order valence-electron chi connectivity index (χ1n) is 9.13. The molecule has 2 heterocycles. The number of rotatable bonds is 7. The monoisotopic (exact) mass is 340 g/mol. The molecule has 0 radical (unpaired) electrons. The fraction of sp³-hybridized carbons (Fsp3) is 0.474. The normalized spacial score (nSPS) is 18.4. The Balaban J connectivity index is 1.53. The first-order chi connectivity index (χ1) is 12.3. The predicted molar refractivity (Wildman–Crippen MR) is 101 cm³/mol. The van der Waals surface area contributed by atoms with Gasteiger partial charge in [0.1, 0.15) is 0 Å². The second-order valence-corrected chi connectivity index (χ2v) is 6.41. The van der Waals surface area contributed by atoms with Crippen molar-refractivity contribution in [2.45, 2.75) is 38.9 Å². The Morgan fingerprint density at radius 3 is 2.92 bits per heavy atom. The highest BCUT2D eigenvalue weighted by Crippen LogP contribution is 2.19. The lowest BCUT2D eigenvalue weighted by molar-refractivity contribution is 0.245. The molecule has 3 N–H and O–H groups in total. The number of hydrogen-bond acceptors (Lipinski definition) is 3. The Labute approximate surface area is 149 Å². The van der Waals surface area contributed by atoms with E-state index in [9.17, 15) is 0 Å². The van der Waals surface area contributed by atoms with E-state index in [1.807, 2.05) is 6.07 Å². The molecule has 1 aromatic heterocycles. The second kappa shape index (κ2) is 9.22. The fourth-order valence-corrected chi connectivity index (χ4v) is 3.25. The molecular formula is C19H28N6. The number of benzene rings is 1. The van der Waals surface area contributed by atoms with Crippen LogP contribution < -0.4 is 10.6 Å². The fourth-order valence-electron chi connectivity index (χ4n) is 3.25. The van der Waals surface area contributed by atoms with Gasteiger partial charge in [-0.15, -0.1) is 0 Å². The van der Waals surface area contributed by atoms with E-state index >= 15 is 0 Å². The number of guanidine groups is 1. The molecule has 3 rings (SSSR count). The molecule has 2 aromatic rings. The highest BCUT2D eigenvalue weighted by Gasteiger charge is 2.24. The van der Waals surface area contributed by atoms with Crippen LogP contribution in [0.5, 0.6) is 0 Å². The summed E-state index contributed by atoms with van der Waals surface area (Å²) in [5.74, 6) is 0.865. The summed E-state index contributed by atoms with van der Waals surface area (Å²) in [7, 11) is 0. The average molecular weight is 340 g/mol. The van der Waals surface area contributed by atoms with Gasteiger partial charge in [-0.1, -0.05) is 30.3 Å². The molecule has 0 saturated carbocycles. The number of aliphatic imine (C=N–C) groups is 1. The third-order valence-electron chi connectivity index (χ3n) is 4.54. The minimum atomic E-state index is 0.552. The summed E-state index contributed by atoms with van der Waals surface area (Å²) in [5, 5.41) is 13.7. The molecule has 1 atom stereocenters. The van der Waals surface area contributed by atoms with Gasteiger partial charge in [-0.25, -0.2) is 4.99 Å². The molecular weight excluding hydrogens is 312 g/mol. The van der Waals surface area contributed by atoms with Gasteiger partial charge >= 0.3 is 0 Å². The summed E-state index contributed by atoms with van der Waals surface area (Å²) in [5.41, 5.74) is 2.40. The van der Waals surface area contributed by atoms with Crippen LogP contribution in [0.4, 0.5) is 0 Å². The molecule has 0 spiro atoms. The standard InChI is InChI=1S/C19H28N6/c1-2-20-19(21-13-17-10-11-23-24-17)22-14-18-9-6-12-25(18)15-16-7-4-3-5-8-16/h3-5,7-8,10-11,18H,2,6,9,12-15H2,1H3,(H,23,24)(H2,20,21,22). The SMILES string of the molecule is CCNC(=NCc1ccn[nH]1)NCC1CCCN1Cc1ccccc1. The largest absolute Gasteiger partial charge is 0.357 e. The molecule has 0 amide bonds. The molecule has 1 aromatic carbocycles. The molecule has 6 heteroatoms. The Morgan fingerprint density at radius 1 is 1.28 bits per heavy atom. The molecule has 134 valence electrons. The quantitative estimate of drug-likeness (QED) is 0.533. The van der Waals surface area contributed by atoms with Crippen molar-refractivity contribution in [2.24, 2.45) is 4.99 Å². The summed E-state index contributed by atoms with van der Waals surface area (Å²) in [6.07, 6.45) is 4.26. The van der Waals surface area contributed by atoms with Crippen LogP contribution in [0.3, 0.4) is 0 Å². The van der Waals surface area contributed by atoms with Gasteiger partial charge in [-0.2, -0.15) is 5.10 Å². The van der Waals surface area contributed by atoms with E-state index in [4.69, 9.17) is 0 Å². The van der Waals surface area contributed by atoms with Gasteiger partial charge in [-0.3, -0.25) is 10.00 Å². The number of hydrogen-bond donors (Lipinski definition) is 3. The molecule has 1 saturated heterocycles. The summed E-state index contributed by atoms with van der Waals surface area (Å²) in [4.78, 5) is 7.20. The Hall–Kier alpha value is -2.34. The third kappa shape index (κ3) is 5.32. The summed E-state index contributed by atoms with van der Waals surface area (Å²) >= 11 is 0. The van der Waals surface area contributed by atoms with Crippen LogP contribution in [0, 0.1) is 0 Å². The van der Waals surface area contributed by atoms with Gasteiger partial charge in [0.05, 0.1) is 12.2 Å². The van der Waals surface area contributed by atoms with Crippen LogP contribution in [-0.4, -0.2) is 46.7 Å². The summed E-state index contributed by atoms with van der Waals surface area (Å²) in [6, 6.07) is 13.2. The van der Waals surface area contributed by atoms with Crippen molar-refractivity contribution in [1.82, 2.24) is 25.7 Å². The van der Waals surface area contributed by atoms with E-state index in [0.29, 0.717) is 12.6 Å². The van der Waals surface area contributed by atoms with Gasteiger partial charge in [0.2, 0.25) is 0 Å². The first kappa shape index (κ1) is 17.5. The topological polar surface area (TPSA) is 68.3 Å². The highest BCUT2D eigenvalue weighted by molar-refractivity contribution is 5.79. The maximum atomic E-state index is 4.63. The third-order valence-corrected chi connectivity index (χ3v) is 4.54. The maximum absolute atomic E-state index is 4.63. The second-order valence-electron chi connectivity index (χ2n) is 6.41. The average Bonchev–Trinajstić information content (AvgIpc) is 3.30. The zero-order valence-corrected chi connectivity index (χ0v) is 14.9. The number of nitrogens with zero attached hydrogens (tertiary/aromatic N) is 3. The van der Waals surface area contributed by atoms with Crippen LogP contribution in [0.2, 0.25) is 0 Å². The van der Waals surface area contributed by atoms with Crippen molar-refractivity contribution >= 4 is 5.96 Å². The number of likely N-dealkylation sites (tertiary alicyclic amines) is 1. The lowest BCUT2D eigenvalue weighted by atomic mass is 10.2. The van der Waals surface area contributed by atoms with Crippen molar-refractivity contribution in [3.8, 4) is 0 Å². The first-order valence-corrected chi connectivity index (χ1v) is 9.13. The molecule has 6 nitrogen and oxygen atoms in total. The van der Waals surface area contributed by atoms with Crippen LogP contribution in [0.1, 0.15) is 31.0 Å². The highest BCUT2D eigenvalue weighted by atomic mass is 15.2. The van der Waals surface area contributed by atoms with Gasteiger partial charge in [0.15, 0.2) is 5.96 Å². The minimum absolute atomic E-state index is 0.552. The molecule has 0 aliphatic carbocycles. The number of H-pyrrole nitrogens is 1. The molecule has 25 heavy (non-hydrogen) atoms. The van der Waals surface area contributed by atoms with Crippen molar-refractivity contribution < 1.29 is 0 Å². The lowest BCUT2D eigenvalue weighted by Crippen LogP contribution is -2.44. The van der Waals surface area contributed by atoms with E-state index in [1.54, 1.807) is 6.20 Å². The van der Waals surface area contributed by atoms with Gasteiger partial charge in [0, 0.05) is 31.9 Å². The van der Waals surface area contributed by atoms with Gasteiger partial charge < -0.3 is 10.6 Å². The summed E-state index contributed by atoms with van der Waals surface area (Å²) in [6.45, 7) is 6.66. The van der Waals surface area contributed by atoms with E-state index in [1.165, 1.54) is 24.9 Å². The number of aromatic amines is 1. The minimum Gasteiger partial charge on any atom is -0.357 e. The van der Waals surface area contributed by atoms with Crippen molar-refractivity contribution in [1.29, 1.82) is 0 Å². The van der Waals surface area contributed by atoms with Crippen molar-refractivity contribution in [3.05, 3.63) is 53.9 Å². The smallest absolute Gasteiger partial charge is 0.191 e. The lowest BCUT2D eigenvalue weighted by Gasteiger charge is -2.25. The van der Waals surface area contributed by atoms with Crippen LogP contribution in [0.25, 0.3) is 0 Å². The Kier molecular flexibility index (Phi) is 6.45. The van der Waals surface area contributed by atoms with E-state index in [-0.39, 0.29) is 0 Å². The zero-order chi connectivity index (χ0) is 17.3. The van der Waals surface area contributed by atoms with E-state index in [2.05, 4.69) is 68.0 Å². The van der Waals surface area contributed by atoms with Crippen molar-refractivity contribution in [2.75, 3.05) is 19.6 Å². The summed E-state index contributed by atoms with van der Waals surface area (Å²) < 4.78 is 0.